The third-order valence-corrected chi connectivity index (χ3v) is 5.89. The Kier molecular flexibility index (Phi) is 4.91. The van der Waals surface area contributed by atoms with Crippen molar-refractivity contribution in [2.24, 2.45) is 0 Å². The number of hydrogen-bond donors (Lipinski definition) is 2. The number of nitrogens with two attached hydrogens (primary N) is 1. The van der Waals surface area contributed by atoms with Gasteiger partial charge in [0.15, 0.2) is 0 Å². The minimum atomic E-state index is 0.387. The molecular formula is C15H23ClN2S. The van der Waals surface area contributed by atoms with Gasteiger partial charge >= 0.3 is 0 Å². The van der Waals surface area contributed by atoms with Crippen LogP contribution in [-0.2, 0) is 0 Å². The molecule has 0 amide bonds. The first-order valence-corrected chi connectivity index (χ1v) is 8.51. The van der Waals surface area contributed by atoms with Crippen LogP contribution >= 0.6 is 23.4 Å². The Labute approximate surface area is 125 Å². The molecular weight excluding hydrogens is 276 g/mol. The fraction of sp³-hybridized carbons (Fsp3) is 0.600. The summed E-state index contributed by atoms with van der Waals surface area (Å²) in [5, 5.41) is 4.22. The van der Waals surface area contributed by atoms with E-state index in [1.807, 2.05) is 23.9 Å². The first-order chi connectivity index (χ1) is 9.06. The van der Waals surface area contributed by atoms with Crippen molar-refractivity contribution in [2.75, 3.05) is 23.9 Å². The Hall–Kier alpha value is -0.540. The Bertz CT molecular complexity index is 442. The lowest BCUT2D eigenvalue weighted by Gasteiger charge is -2.36. The highest BCUT2D eigenvalue weighted by Gasteiger charge is 2.30. The summed E-state index contributed by atoms with van der Waals surface area (Å²) < 4.78 is 0.387. The van der Waals surface area contributed by atoms with Gasteiger partial charge in [0.2, 0.25) is 0 Å². The smallest absolute Gasteiger partial charge is 0.0656 e. The third kappa shape index (κ3) is 3.51. The number of anilines is 2. The first kappa shape index (κ1) is 14.9. The number of hydrogen-bond acceptors (Lipinski definition) is 3. The monoisotopic (exact) mass is 298 g/mol. The molecule has 0 spiro atoms. The van der Waals surface area contributed by atoms with Crippen molar-refractivity contribution in [3.05, 3.63) is 22.7 Å². The van der Waals surface area contributed by atoms with E-state index in [-0.39, 0.29) is 0 Å². The number of rotatable bonds is 4. The van der Waals surface area contributed by atoms with Crippen LogP contribution in [0.1, 0.15) is 37.7 Å². The molecule has 0 atom stereocenters. The Morgan fingerprint density at radius 3 is 2.63 bits per heavy atom. The van der Waals surface area contributed by atoms with E-state index in [0.29, 0.717) is 15.5 Å². The summed E-state index contributed by atoms with van der Waals surface area (Å²) in [7, 11) is 0. The lowest BCUT2D eigenvalue weighted by Crippen LogP contribution is -2.35. The maximum atomic E-state index is 6.11. The SMILES string of the molecule is CSC1(CNc2cc(Cl)c(N)cc2C)CCCCC1. The molecule has 4 heteroatoms. The highest BCUT2D eigenvalue weighted by Crippen LogP contribution is 2.39. The first-order valence-electron chi connectivity index (χ1n) is 6.91. The van der Waals surface area contributed by atoms with Crippen LogP contribution in [0, 0.1) is 6.92 Å². The average molecular weight is 299 g/mol. The molecule has 1 aliphatic rings. The van der Waals surface area contributed by atoms with Gasteiger partial charge in [0.05, 0.1) is 10.7 Å². The van der Waals surface area contributed by atoms with E-state index in [2.05, 4.69) is 18.5 Å². The van der Waals surface area contributed by atoms with Crippen molar-refractivity contribution in [3.63, 3.8) is 0 Å². The van der Waals surface area contributed by atoms with Crippen LogP contribution in [0.2, 0.25) is 5.02 Å². The molecule has 0 unspecified atom stereocenters. The van der Waals surface area contributed by atoms with Crippen LogP contribution in [-0.4, -0.2) is 17.5 Å². The number of thioether (sulfide) groups is 1. The molecule has 2 nitrogen and oxygen atoms in total. The number of nitrogen functional groups attached to an aromatic ring is 1. The van der Waals surface area contributed by atoms with E-state index >= 15 is 0 Å². The van der Waals surface area contributed by atoms with Crippen molar-refractivity contribution < 1.29 is 0 Å². The topological polar surface area (TPSA) is 38.0 Å². The van der Waals surface area contributed by atoms with Gasteiger partial charge in [0.25, 0.3) is 0 Å². The quantitative estimate of drug-likeness (QED) is 0.791. The summed E-state index contributed by atoms with van der Waals surface area (Å²) in [6.07, 6.45) is 8.94. The second-order valence-electron chi connectivity index (χ2n) is 5.49. The zero-order valence-electron chi connectivity index (χ0n) is 11.8. The molecule has 1 fully saturated rings. The Morgan fingerprint density at radius 2 is 2.00 bits per heavy atom. The molecule has 1 aromatic rings. The molecule has 106 valence electrons. The molecule has 1 saturated carbocycles. The molecule has 1 aliphatic carbocycles. The summed E-state index contributed by atoms with van der Waals surface area (Å²) in [5.74, 6) is 0. The molecule has 0 aliphatic heterocycles. The van der Waals surface area contributed by atoms with E-state index < -0.39 is 0 Å². The maximum Gasteiger partial charge on any atom is 0.0656 e. The average Bonchev–Trinajstić information content (AvgIpc) is 2.42. The van der Waals surface area contributed by atoms with Crippen LogP contribution in [0.25, 0.3) is 0 Å². The van der Waals surface area contributed by atoms with E-state index in [1.165, 1.54) is 32.1 Å². The zero-order valence-corrected chi connectivity index (χ0v) is 13.3. The summed E-state index contributed by atoms with van der Waals surface area (Å²) in [5.41, 5.74) is 8.74. The lowest BCUT2D eigenvalue weighted by atomic mass is 9.88. The van der Waals surface area contributed by atoms with Gasteiger partial charge in [0.1, 0.15) is 0 Å². The van der Waals surface area contributed by atoms with Crippen molar-refractivity contribution >= 4 is 34.7 Å². The van der Waals surface area contributed by atoms with Gasteiger partial charge in [-0.15, -0.1) is 0 Å². The second kappa shape index (κ2) is 6.27. The lowest BCUT2D eigenvalue weighted by molar-refractivity contribution is 0.411. The minimum Gasteiger partial charge on any atom is -0.398 e. The van der Waals surface area contributed by atoms with Gasteiger partial charge in [-0.05, 0) is 43.7 Å². The predicted molar refractivity (Wildman–Crippen MR) is 88.4 cm³/mol. The fourth-order valence-electron chi connectivity index (χ4n) is 2.80. The van der Waals surface area contributed by atoms with Crippen LogP contribution in [0.4, 0.5) is 11.4 Å². The summed E-state index contributed by atoms with van der Waals surface area (Å²) in [6.45, 7) is 3.08. The van der Waals surface area contributed by atoms with Gasteiger partial charge < -0.3 is 11.1 Å². The summed E-state index contributed by atoms with van der Waals surface area (Å²) >= 11 is 8.11. The number of aryl methyl sites for hydroxylation is 1. The molecule has 19 heavy (non-hydrogen) atoms. The van der Waals surface area contributed by atoms with Crippen LogP contribution < -0.4 is 11.1 Å². The summed E-state index contributed by atoms with van der Waals surface area (Å²) in [4.78, 5) is 0. The Morgan fingerprint density at radius 1 is 1.32 bits per heavy atom. The molecule has 0 bridgehead atoms. The van der Waals surface area contributed by atoms with Crippen molar-refractivity contribution in [2.45, 2.75) is 43.8 Å². The van der Waals surface area contributed by atoms with Crippen LogP contribution in [0.3, 0.4) is 0 Å². The highest BCUT2D eigenvalue weighted by molar-refractivity contribution is 8.00. The van der Waals surface area contributed by atoms with Crippen molar-refractivity contribution in [1.82, 2.24) is 0 Å². The van der Waals surface area contributed by atoms with Gasteiger partial charge in [-0.1, -0.05) is 30.9 Å². The molecule has 0 aromatic heterocycles. The van der Waals surface area contributed by atoms with Crippen LogP contribution in [0.5, 0.6) is 0 Å². The van der Waals surface area contributed by atoms with Crippen LogP contribution in [0.15, 0.2) is 12.1 Å². The van der Waals surface area contributed by atoms with E-state index in [0.717, 1.165) is 17.8 Å². The minimum absolute atomic E-state index is 0.387. The van der Waals surface area contributed by atoms with E-state index in [1.54, 1.807) is 0 Å². The number of halogens is 1. The molecule has 2 rings (SSSR count). The Balaban J connectivity index is 2.07. The highest BCUT2D eigenvalue weighted by atomic mass is 35.5. The van der Waals surface area contributed by atoms with Crippen molar-refractivity contribution in [1.29, 1.82) is 0 Å². The zero-order chi connectivity index (χ0) is 13.9. The standard InChI is InChI=1S/C15H23ClN2S/c1-11-8-13(17)12(16)9-14(11)18-10-15(19-2)6-4-3-5-7-15/h8-9,18H,3-7,10,17H2,1-2H3. The molecule has 0 heterocycles. The molecule has 0 saturated heterocycles. The third-order valence-electron chi connectivity index (χ3n) is 4.14. The van der Waals surface area contributed by atoms with Crippen molar-refractivity contribution in [3.8, 4) is 0 Å². The largest absolute Gasteiger partial charge is 0.398 e. The van der Waals surface area contributed by atoms with E-state index in [4.69, 9.17) is 17.3 Å². The normalized spacial score (nSPS) is 18.3. The second-order valence-corrected chi connectivity index (χ2v) is 7.17. The van der Waals surface area contributed by atoms with E-state index in [9.17, 15) is 0 Å². The molecule has 0 radical (unpaired) electrons. The number of benzene rings is 1. The van der Waals surface area contributed by atoms with Gasteiger partial charge in [-0.25, -0.2) is 0 Å². The molecule has 3 N–H and O–H groups in total. The maximum absolute atomic E-state index is 6.11. The number of nitrogens with one attached hydrogen (secondary N) is 1. The van der Waals surface area contributed by atoms with Gasteiger partial charge in [-0.2, -0.15) is 11.8 Å². The molecule has 1 aromatic carbocycles. The summed E-state index contributed by atoms with van der Waals surface area (Å²) in [6, 6.07) is 3.89. The predicted octanol–water partition coefficient (Wildman–Crippen LogP) is 4.71. The van der Waals surface area contributed by atoms with Gasteiger partial charge in [-0.3, -0.25) is 0 Å². The fourth-order valence-corrected chi connectivity index (χ4v) is 3.88. The van der Waals surface area contributed by atoms with Gasteiger partial charge in [0, 0.05) is 17.0 Å².